The van der Waals surface area contributed by atoms with Gasteiger partial charge in [-0.3, -0.25) is 4.79 Å². The van der Waals surface area contributed by atoms with E-state index in [9.17, 15) is 9.59 Å². The molecule has 8 heteroatoms. The number of nitrogens with one attached hydrogen (secondary N) is 1. The number of carbonyl (C=O) groups is 2. The number of rotatable bonds is 9. The number of aromatic nitrogens is 3. The zero-order valence-electron chi connectivity index (χ0n) is 15.6. The van der Waals surface area contributed by atoms with Crippen LogP contribution in [-0.2, 0) is 16.1 Å². The molecule has 3 aromatic rings. The highest BCUT2D eigenvalue weighted by Gasteiger charge is 2.12. The molecule has 1 heterocycles. The number of ether oxygens (including phenoxy) is 1. The van der Waals surface area contributed by atoms with E-state index < -0.39 is 5.97 Å². The Hall–Kier alpha value is -2.87. The summed E-state index contributed by atoms with van der Waals surface area (Å²) in [6, 6.07) is 15.2. The van der Waals surface area contributed by atoms with E-state index in [4.69, 9.17) is 4.74 Å². The Bertz CT molecular complexity index is 943. The van der Waals surface area contributed by atoms with Gasteiger partial charge in [0.05, 0.1) is 11.1 Å². The van der Waals surface area contributed by atoms with Gasteiger partial charge in [0.15, 0.2) is 6.61 Å². The lowest BCUT2D eigenvalue weighted by molar-refractivity contribution is -0.124. The molecule has 1 aromatic heterocycles. The maximum absolute atomic E-state index is 12.1. The first-order valence-electron chi connectivity index (χ1n) is 9.12. The van der Waals surface area contributed by atoms with Gasteiger partial charge in [0.25, 0.3) is 5.91 Å². The highest BCUT2D eigenvalue weighted by molar-refractivity contribution is 7.99. The summed E-state index contributed by atoms with van der Waals surface area (Å²) in [5, 5.41) is 10.8. The summed E-state index contributed by atoms with van der Waals surface area (Å²) in [6.45, 7) is 2.91. The number of hydrogen-bond donors (Lipinski definition) is 1. The van der Waals surface area contributed by atoms with Crippen LogP contribution in [0.25, 0.3) is 11.0 Å². The maximum Gasteiger partial charge on any atom is 0.338 e. The van der Waals surface area contributed by atoms with E-state index in [2.05, 4.69) is 27.8 Å². The number of fused-ring (bicyclic) bond motifs is 1. The Morgan fingerprint density at radius 3 is 2.79 bits per heavy atom. The number of esters is 1. The molecule has 0 radical (unpaired) electrons. The van der Waals surface area contributed by atoms with E-state index in [0.29, 0.717) is 24.2 Å². The van der Waals surface area contributed by atoms with Crippen LogP contribution in [0.2, 0.25) is 0 Å². The summed E-state index contributed by atoms with van der Waals surface area (Å²) >= 11 is 1.74. The van der Waals surface area contributed by atoms with Crippen molar-refractivity contribution in [3.63, 3.8) is 0 Å². The van der Waals surface area contributed by atoms with E-state index in [1.54, 1.807) is 34.6 Å². The summed E-state index contributed by atoms with van der Waals surface area (Å²) in [5.74, 6) is 0.0431. The topological polar surface area (TPSA) is 86.1 Å². The largest absolute Gasteiger partial charge is 0.452 e. The summed E-state index contributed by atoms with van der Waals surface area (Å²) in [7, 11) is 0. The molecule has 146 valence electrons. The molecule has 0 bridgehead atoms. The van der Waals surface area contributed by atoms with E-state index >= 15 is 0 Å². The second-order valence-corrected chi connectivity index (χ2v) is 7.22. The lowest BCUT2D eigenvalue weighted by Crippen LogP contribution is -2.29. The van der Waals surface area contributed by atoms with Gasteiger partial charge in [0.2, 0.25) is 0 Å². The highest BCUT2D eigenvalue weighted by Crippen LogP contribution is 2.17. The SMILES string of the molecule is CCn1nnc2cc(C(=O)OCC(=O)NCCCSc3ccccc3)ccc21. The zero-order valence-corrected chi connectivity index (χ0v) is 16.4. The van der Waals surface area contributed by atoms with E-state index in [-0.39, 0.29) is 12.5 Å². The molecule has 1 amide bonds. The van der Waals surface area contributed by atoms with Crippen molar-refractivity contribution in [3.05, 3.63) is 54.1 Å². The third-order valence-corrected chi connectivity index (χ3v) is 5.14. The third-order valence-electron chi connectivity index (χ3n) is 4.04. The molecule has 0 atom stereocenters. The molecule has 0 saturated carbocycles. The number of carbonyl (C=O) groups excluding carboxylic acids is 2. The molecule has 0 aliphatic rings. The number of thioether (sulfide) groups is 1. The maximum atomic E-state index is 12.1. The van der Waals surface area contributed by atoms with Gasteiger partial charge in [-0.25, -0.2) is 9.48 Å². The second kappa shape index (κ2) is 9.89. The minimum Gasteiger partial charge on any atom is -0.452 e. The summed E-state index contributed by atoms with van der Waals surface area (Å²) in [4.78, 5) is 25.2. The predicted molar refractivity (Wildman–Crippen MR) is 108 cm³/mol. The number of nitrogens with zero attached hydrogens (tertiary/aromatic N) is 3. The molecular weight excluding hydrogens is 376 g/mol. The van der Waals surface area contributed by atoms with Gasteiger partial charge in [0, 0.05) is 18.0 Å². The van der Waals surface area contributed by atoms with Crippen molar-refractivity contribution in [2.75, 3.05) is 18.9 Å². The first-order valence-corrected chi connectivity index (χ1v) is 10.1. The fourth-order valence-corrected chi connectivity index (χ4v) is 3.48. The fraction of sp³-hybridized carbons (Fsp3) is 0.300. The van der Waals surface area contributed by atoms with Crippen LogP contribution in [0, 0.1) is 0 Å². The average molecular weight is 398 g/mol. The molecule has 0 saturated heterocycles. The van der Waals surface area contributed by atoms with Gasteiger partial charge in [0.1, 0.15) is 5.52 Å². The number of hydrogen-bond acceptors (Lipinski definition) is 6. The molecule has 28 heavy (non-hydrogen) atoms. The molecule has 0 fully saturated rings. The van der Waals surface area contributed by atoms with Gasteiger partial charge in [-0.1, -0.05) is 23.4 Å². The van der Waals surface area contributed by atoms with Crippen molar-refractivity contribution < 1.29 is 14.3 Å². The molecule has 0 aliphatic heterocycles. The van der Waals surface area contributed by atoms with Gasteiger partial charge in [-0.15, -0.1) is 16.9 Å². The lowest BCUT2D eigenvalue weighted by Gasteiger charge is -2.07. The zero-order chi connectivity index (χ0) is 19.8. The van der Waals surface area contributed by atoms with Gasteiger partial charge in [-0.05, 0) is 49.4 Å². The average Bonchev–Trinajstić information content (AvgIpc) is 3.15. The fourth-order valence-electron chi connectivity index (χ4n) is 2.60. The van der Waals surface area contributed by atoms with Crippen LogP contribution >= 0.6 is 11.8 Å². The lowest BCUT2D eigenvalue weighted by atomic mass is 10.2. The minimum atomic E-state index is -0.553. The molecule has 0 unspecified atom stereocenters. The van der Waals surface area contributed by atoms with Crippen LogP contribution < -0.4 is 5.32 Å². The van der Waals surface area contributed by atoms with Crippen molar-refractivity contribution in [1.29, 1.82) is 0 Å². The second-order valence-electron chi connectivity index (χ2n) is 6.05. The van der Waals surface area contributed by atoms with Crippen LogP contribution in [-0.4, -0.2) is 45.8 Å². The minimum absolute atomic E-state index is 0.301. The van der Waals surface area contributed by atoms with E-state index in [1.807, 2.05) is 25.1 Å². The number of amides is 1. The molecular formula is C20H22N4O3S. The van der Waals surface area contributed by atoms with Crippen LogP contribution in [0.1, 0.15) is 23.7 Å². The Morgan fingerprint density at radius 2 is 2.00 bits per heavy atom. The number of benzene rings is 2. The first kappa shape index (κ1) is 19.9. The molecule has 3 rings (SSSR count). The molecule has 0 aliphatic carbocycles. The van der Waals surface area contributed by atoms with Gasteiger partial charge >= 0.3 is 5.97 Å². The molecule has 2 aromatic carbocycles. The summed E-state index contributed by atoms with van der Waals surface area (Å²) < 4.78 is 6.83. The van der Waals surface area contributed by atoms with Crippen molar-refractivity contribution in [2.45, 2.75) is 24.8 Å². The predicted octanol–water partition coefficient (Wildman–Crippen LogP) is 2.91. The van der Waals surface area contributed by atoms with Crippen LogP contribution in [0.3, 0.4) is 0 Å². The van der Waals surface area contributed by atoms with Gasteiger partial charge in [-0.2, -0.15) is 0 Å². The van der Waals surface area contributed by atoms with E-state index in [1.165, 1.54) is 4.90 Å². The first-order chi connectivity index (χ1) is 13.7. The third kappa shape index (κ3) is 5.32. The van der Waals surface area contributed by atoms with Crippen molar-refractivity contribution in [2.24, 2.45) is 0 Å². The Kier molecular flexibility index (Phi) is 7.02. The van der Waals surface area contributed by atoms with E-state index in [0.717, 1.165) is 17.7 Å². The van der Waals surface area contributed by atoms with Crippen molar-refractivity contribution in [3.8, 4) is 0 Å². The quantitative estimate of drug-likeness (QED) is 0.339. The monoisotopic (exact) mass is 398 g/mol. The van der Waals surface area contributed by atoms with Crippen LogP contribution in [0.15, 0.2) is 53.4 Å². The van der Waals surface area contributed by atoms with Crippen LogP contribution in [0.4, 0.5) is 0 Å². The van der Waals surface area contributed by atoms with Gasteiger partial charge < -0.3 is 10.1 Å². The summed E-state index contributed by atoms with van der Waals surface area (Å²) in [6.07, 6.45) is 0.836. The number of aryl methyl sites for hydroxylation is 1. The standard InChI is InChI=1S/C20H22N4O3S/c1-2-24-18-10-9-15(13-17(18)22-23-24)20(26)27-14-19(25)21-11-6-12-28-16-7-4-3-5-8-16/h3-5,7-10,13H,2,6,11-12,14H2,1H3,(H,21,25). The molecule has 0 spiro atoms. The van der Waals surface area contributed by atoms with Crippen molar-refractivity contribution >= 4 is 34.7 Å². The summed E-state index contributed by atoms with van der Waals surface area (Å²) in [5.41, 5.74) is 1.82. The molecule has 1 N–H and O–H groups in total. The Morgan fingerprint density at radius 1 is 1.18 bits per heavy atom. The molecule has 7 nitrogen and oxygen atoms in total. The Balaban J connectivity index is 1.37. The Labute approximate surface area is 167 Å². The van der Waals surface area contributed by atoms with Crippen molar-refractivity contribution in [1.82, 2.24) is 20.3 Å². The highest BCUT2D eigenvalue weighted by atomic mass is 32.2. The smallest absolute Gasteiger partial charge is 0.338 e. The normalized spacial score (nSPS) is 10.8. The van der Waals surface area contributed by atoms with Crippen LogP contribution in [0.5, 0.6) is 0 Å².